The summed E-state index contributed by atoms with van der Waals surface area (Å²) in [5.74, 6) is -2.35. The Morgan fingerprint density at radius 2 is 2.05 bits per heavy atom. The third-order valence-electron chi connectivity index (χ3n) is 2.45. The molecule has 1 aromatic carbocycles. The van der Waals surface area contributed by atoms with E-state index in [-0.39, 0.29) is 17.9 Å². The standard InChI is InChI=1S/C12H15FO6S/c1-4-19-12(15)10(14)7-5-8(13)11(20(3,16)17)9(6-7)18-2/h5-6,10,14H,4H2,1-3H3. The highest BCUT2D eigenvalue weighted by atomic mass is 32.2. The van der Waals surface area contributed by atoms with Gasteiger partial charge in [0, 0.05) is 6.26 Å². The van der Waals surface area contributed by atoms with Crippen molar-refractivity contribution in [1.29, 1.82) is 0 Å². The van der Waals surface area contributed by atoms with Crippen molar-refractivity contribution in [1.82, 2.24) is 0 Å². The van der Waals surface area contributed by atoms with Gasteiger partial charge in [0.25, 0.3) is 0 Å². The first kappa shape index (κ1) is 16.4. The molecule has 0 aliphatic heterocycles. The van der Waals surface area contributed by atoms with Gasteiger partial charge in [-0.05, 0) is 24.6 Å². The van der Waals surface area contributed by atoms with E-state index in [0.717, 1.165) is 25.5 Å². The number of rotatable bonds is 5. The van der Waals surface area contributed by atoms with E-state index in [1.165, 1.54) is 0 Å². The SMILES string of the molecule is CCOC(=O)C(O)c1cc(F)c(S(C)(=O)=O)c(OC)c1. The number of carbonyl (C=O) groups excluding carboxylic acids is 1. The van der Waals surface area contributed by atoms with Gasteiger partial charge in [-0.1, -0.05) is 0 Å². The van der Waals surface area contributed by atoms with Gasteiger partial charge in [0.2, 0.25) is 0 Å². The number of hydrogen-bond acceptors (Lipinski definition) is 6. The zero-order valence-electron chi connectivity index (χ0n) is 11.2. The summed E-state index contributed by atoms with van der Waals surface area (Å²) in [5, 5.41) is 9.71. The molecule has 0 saturated carbocycles. The smallest absolute Gasteiger partial charge is 0.339 e. The number of carbonyl (C=O) groups is 1. The van der Waals surface area contributed by atoms with Gasteiger partial charge >= 0.3 is 5.97 Å². The highest BCUT2D eigenvalue weighted by Crippen LogP contribution is 2.31. The highest BCUT2D eigenvalue weighted by Gasteiger charge is 2.26. The molecule has 0 bridgehead atoms. The molecule has 0 aromatic heterocycles. The molecule has 0 fully saturated rings. The van der Waals surface area contributed by atoms with Crippen LogP contribution in [0.1, 0.15) is 18.6 Å². The number of sulfone groups is 1. The molecular formula is C12H15FO6S. The number of esters is 1. The first-order valence-corrected chi connectivity index (χ1v) is 7.53. The lowest BCUT2D eigenvalue weighted by Crippen LogP contribution is -2.16. The van der Waals surface area contributed by atoms with Crippen LogP contribution in [0.25, 0.3) is 0 Å². The summed E-state index contributed by atoms with van der Waals surface area (Å²) in [7, 11) is -2.69. The molecule has 0 heterocycles. The van der Waals surface area contributed by atoms with Gasteiger partial charge in [0.1, 0.15) is 16.5 Å². The second kappa shape index (κ2) is 6.19. The van der Waals surface area contributed by atoms with Gasteiger partial charge in [0.05, 0.1) is 13.7 Å². The van der Waals surface area contributed by atoms with Crippen molar-refractivity contribution in [3.8, 4) is 5.75 Å². The predicted octanol–water partition coefficient (Wildman–Crippen LogP) is 0.834. The lowest BCUT2D eigenvalue weighted by atomic mass is 10.1. The Balaban J connectivity index is 3.34. The van der Waals surface area contributed by atoms with Crippen LogP contribution < -0.4 is 4.74 Å². The Morgan fingerprint density at radius 3 is 2.50 bits per heavy atom. The molecule has 112 valence electrons. The fourth-order valence-corrected chi connectivity index (χ4v) is 2.54. The predicted molar refractivity (Wildman–Crippen MR) is 67.7 cm³/mol. The summed E-state index contributed by atoms with van der Waals surface area (Å²) in [6.45, 7) is 1.61. The van der Waals surface area contributed by atoms with Crippen LogP contribution >= 0.6 is 0 Å². The van der Waals surface area contributed by atoms with Gasteiger partial charge in [-0.15, -0.1) is 0 Å². The van der Waals surface area contributed by atoms with Crippen LogP contribution in [0, 0.1) is 5.82 Å². The average Bonchev–Trinajstić information content (AvgIpc) is 2.35. The molecule has 0 radical (unpaired) electrons. The Morgan fingerprint density at radius 1 is 1.45 bits per heavy atom. The van der Waals surface area contributed by atoms with Crippen molar-refractivity contribution in [2.75, 3.05) is 20.0 Å². The lowest BCUT2D eigenvalue weighted by Gasteiger charge is -2.14. The first-order valence-electron chi connectivity index (χ1n) is 5.64. The Hall–Kier alpha value is -1.67. The molecule has 1 aromatic rings. The fraction of sp³-hybridized carbons (Fsp3) is 0.417. The molecule has 0 aliphatic rings. The molecular weight excluding hydrogens is 291 g/mol. The normalized spacial score (nSPS) is 12.8. The minimum absolute atomic E-state index is 0.0525. The van der Waals surface area contributed by atoms with Crippen molar-refractivity contribution in [3.05, 3.63) is 23.5 Å². The van der Waals surface area contributed by atoms with E-state index in [9.17, 15) is 22.7 Å². The fourth-order valence-electron chi connectivity index (χ4n) is 1.61. The van der Waals surface area contributed by atoms with E-state index in [0.29, 0.717) is 0 Å². The second-order valence-electron chi connectivity index (χ2n) is 3.96. The Labute approximate surface area is 116 Å². The van der Waals surface area contributed by atoms with Crippen molar-refractivity contribution >= 4 is 15.8 Å². The van der Waals surface area contributed by atoms with Crippen LogP contribution in [0.2, 0.25) is 0 Å². The molecule has 0 saturated heterocycles. The summed E-state index contributed by atoms with van der Waals surface area (Å²) in [6.07, 6.45) is -0.887. The maximum Gasteiger partial charge on any atom is 0.339 e. The largest absolute Gasteiger partial charge is 0.495 e. The molecule has 1 N–H and O–H groups in total. The van der Waals surface area contributed by atoms with Crippen molar-refractivity contribution < 1.29 is 32.2 Å². The molecule has 0 spiro atoms. The minimum atomic E-state index is -3.85. The van der Waals surface area contributed by atoms with Gasteiger partial charge in [-0.2, -0.15) is 0 Å². The van der Waals surface area contributed by atoms with Crippen LogP contribution in [0.15, 0.2) is 17.0 Å². The van der Waals surface area contributed by atoms with E-state index in [4.69, 9.17) is 4.74 Å². The average molecular weight is 306 g/mol. The zero-order valence-corrected chi connectivity index (χ0v) is 12.0. The topological polar surface area (TPSA) is 89.9 Å². The number of hydrogen-bond donors (Lipinski definition) is 1. The monoisotopic (exact) mass is 306 g/mol. The maximum atomic E-state index is 13.9. The van der Waals surface area contributed by atoms with Gasteiger partial charge in [-0.3, -0.25) is 0 Å². The van der Waals surface area contributed by atoms with Gasteiger partial charge in [0.15, 0.2) is 15.9 Å². The summed E-state index contributed by atoms with van der Waals surface area (Å²) in [6, 6.07) is 1.85. The summed E-state index contributed by atoms with van der Waals surface area (Å²) in [4.78, 5) is 10.8. The lowest BCUT2D eigenvalue weighted by molar-refractivity contribution is -0.153. The third-order valence-corrected chi connectivity index (χ3v) is 3.59. The number of benzene rings is 1. The summed E-state index contributed by atoms with van der Waals surface area (Å²) >= 11 is 0. The van der Waals surface area contributed by atoms with E-state index in [1.807, 2.05) is 0 Å². The molecule has 6 nitrogen and oxygen atoms in total. The quantitative estimate of drug-likeness (QED) is 0.811. The molecule has 0 amide bonds. The van der Waals surface area contributed by atoms with E-state index >= 15 is 0 Å². The number of halogens is 1. The van der Waals surface area contributed by atoms with E-state index < -0.39 is 32.6 Å². The third kappa shape index (κ3) is 3.45. The Bertz CT molecular complexity index is 611. The van der Waals surface area contributed by atoms with Crippen LogP contribution in [0.3, 0.4) is 0 Å². The van der Waals surface area contributed by atoms with E-state index in [2.05, 4.69) is 4.74 Å². The summed E-state index contributed by atoms with van der Waals surface area (Å²) in [5.41, 5.74) is -0.148. The maximum absolute atomic E-state index is 13.9. The van der Waals surface area contributed by atoms with Crippen LogP contribution in [0.4, 0.5) is 4.39 Å². The molecule has 0 aliphatic carbocycles. The zero-order chi connectivity index (χ0) is 15.5. The second-order valence-corrected chi connectivity index (χ2v) is 5.91. The molecule has 20 heavy (non-hydrogen) atoms. The van der Waals surface area contributed by atoms with Crippen LogP contribution in [0.5, 0.6) is 5.75 Å². The van der Waals surface area contributed by atoms with E-state index in [1.54, 1.807) is 6.92 Å². The van der Waals surface area contributed by atoms with Crippen molar-refractivity contribution in [3.63, 3.8) is 0 Å². The van der Waals surface area contributed by atoms with Crippen LogP contribution in [-0.4, -0.2) is 39.5 Å². The number of methoxy groups -OCH3 is 1. The number of aliphatic hydroxyl groups is 1. The first-order chi connectivity index (χ1) is 9.22. The van der Waals surface area contributed by atoms with Gasteiger partial charge in [-0.25, -0.2) is 17.6 Å². The Kier molecular flexibility index (Phi) is 5.07. The number of aliphatic hydroxyl groups excluding tert-OH is 1. The van der Waals surface area contributed by atoms with Gasteiger partial charge < -0.3 is 14.6 Å². The van der Waals surface area contributed by atoms with Crippen LogP contribution in [-0.2, 0) is 19.4 Å². The highest BCUT2D eigenvalue weighted by molar-refractivity contribution is 7.90. The summed E-state index contributed by atoms with van der Waals surface area (Å²) < 4.78 is 46.2. The molecule has 1 atom stereocenters. The molecule has 1 unspecified atom stereocenters. The molecule has 8 heteroatoms. The van der Waals surface area contributed by atoms with Crippen molar-refractivity contribution in [2.24, 2.45) is 0 Å². The molecule has 1 rings (SSSR count). The number of ether oxygens (including phenoxy) is 2. The van der Waals surface area contributed by atoms with Crippen molar-refractivity contribution in [2.45, 2.75) is 17.9 Å². The minimum Gasteiger partial charge on any atom is -0.495 e.